The summed E-state index contributed by atoms with van der Waals surface area (Å²) in [4.78, 5) is 22.4. The lowest BCUT2D eigenvalue weighted by Gasteiger charge is -2.07. The summed E-state index contributed by atoms with van der Waals surface area (Å²) in [6, 6.07) is 9.86. The smallest absolute Gasteiger partial charge is 0.274 e. The zero-order valence-corrected chi connectivity index (χ0v) is 12.3. The second-order valence-electron chi connectivity index (χ2n) is 4.19. The van der Waals surface area contributed by atoms with Crippen LogP contribution in [0.4, 0.5) is 10.1 Å². The Labute approximate surface area is 128 Å². The molecule has 2 aromatic rings. The number of nitro benzene ring substituents is 1. The molecule has 1 N–H and O–H groups in total. The molecular weight excluding hydrogens is 343 g/mol. The van der Waals surface area contributed by atoms with Crippen LogP contribution in [0.15, 0.2) is 46.9 Å². The highest BCUT2D eigenvalue weighted by molar-refractivity contribution is 9.10. The van der Waals surface area contributed by atoms with Crippen LogP contribution in [0.2, 0.25) is 0 Å². The van der Waals surface area contributed by atoms with Crippen molar-refractivity contribution in [2.75, 3.05) is 0 Å². The quantitative estimate of drug-likeness (QED) is 0.676. The van der Waals surface area contributed by atoms with Crippen LogP contribution in [0, 0.1) is 15.9 Å². The highest BCUT2D eigenvalue weighted by Crippen LogP contribution is 2.19. The van der Waals surface area contributed by atoms with E-state index in [-0.39, 0.29) is 17.8 Å². The van der Waals surface area contributed by atoms with Crippen molar-refractivity contribution in [3.05, 3.63) is 74.0 Å². The number of rotatable bonds is 4. The van der Waals surface area contributed by atoms with Crippen LogP contribution in [0.3, 0.4) is 0 Å². The lowest BCUT2D eigenvalue weighted by Crippen LogP contribution is -2.23. The molecule has 1 amide bonds. The van der Waals surface area contributed by atoms with Crippen molar-refractivity contribution in [2.45, 2.75) is 6.54 Å². The number of nitrogens with zero attached hydrogens (tertiary/aromatic N) is 1. The van der Waals surface area contributed by atoms with E-state index in [4.69, 9.17) is 0 Å². The number of nitrogens with one attached hydrogen (secondary N) is 1. The summed E-state index contributed by atoms with van der Waals surface area (Å²) >= 11 is 3.16. The molecule has 0 atom stereocenters. The maximum Gasteiger partial charge on any atom is 0.274 e. The van der Waals surface area contributed by atoms with E-state index in [1.807, 2.05) is 0 Å². The van der Waals surface area contributed by atoms with Crippen LogP contribution in [-0.2, 0) is 6.54 Å². The van der Waals surface area contributed by atoms with E-state index in [2.05, 4.69) is 21.2 Å². The van der Waals surface area contributed by atoms with Gasteiger partial charge >= 0.3 is 0 Å². The fraction of sp³-hybridized carbons (Fsp3) is 0.0714. The maximum atomic E-state index is 13.2. The van der Waals surface area contributed by atoms with Crippen LogP contribution in [0.25, 0.3) is 0 Å². The number of hydrogen-bond acceptors (Lipinski definition) is 3. The molecule has 0 saturated carbocycles. The molecule has 2 aromatic carbocycles. The molecule has 2 rings (SSSR count). The molecule has 0 bridgehead atoms. The van der Waals surface area contributed by atoms with Crippen molar-refractivity contribution in [2.24, 2.45) is 0 Å². The van der Waals surface area contributed by atoms with Crippen LogP contribution in [0.5, 0.6) is 0 Å². The van der Waals surface area contributed by atoms with Gasteiger partial charge in [0.25, 0.3) is 11.6 Å². The van der Waals surface area contributed by atoms with Gasteiger partial charge in [0.15, 0.2) is 0 Å². The first-order valence-electron chi connectivity index (χ1n) is 5.94. The molecule has 21 heavy (non-hydrogen) atoms. The molecular formula is C14H10BrFN2O3. The molecule has 0 radical (unpaired) electrons. The third kappa shape index (κ3) is 3.63. The summed E-state index contributed by atoms with van der Waals surface area (Å²) < 4.78 is 13.6. The topological polar surface area (TPSA) is 72.2 Å². The van der Waals surface area contributed by atoms with Gasteiger partial charge in [-0.05, 0) is 34.1 Å². The minimum Gasteiger partial charge on any atom is -0.348 e. The number of para-hydroxylation sites is 1. The van der Waals surface area contributed by atoms with Gasteiger partial charge in [0.2, 0.25) is 0 Å². The predicted molar refractivity (Wildman–Crippen MR) is 78.4 cm³/mol. The Bertz CT molecular complexity index is 706. The van der Waals surface area contributed by atoms with Crippen LogP contribution >= 0.6 is 15.9 Å². The second kappa shape index (κ2) is 6.45. The highest BCUT2D eigenvalue weighted by Gasteiger charge is 2.15. The van der Waals surface area contributed by atoms with Gasteiger partial charge in [0, 0.05) is 22.6 Å². The molecule has 108 valence electrons. The lowest BCUT2D eigenvalue weighted by atomic mass is 10.1. The van der Waals surface area contributed by atoms with Gasteiger partial charge in [-0.2, -0.15) is 0 Å². The SMILES string of the molecule is O=C(NCc1ccccc1[N+](=O)[O-])c1cc(F)ccc1Br. The van der Waals surface area contributed by atoms with Gasteiger partial charge in [-0.15, -0.1) is 0 Å². The number of carbonyl (C=O) groups is 1. The van der Waals surface area contributed by atoms with Gasteiger partial charge < -0.3 is 5.32 Å². The van der Waals surface area contributed by atoms with Gasteiger partial charge in [0.05, 0.1) is 10.5 Å². The van der Waals surface area contributed by atoms with Gasteiger partial charge in [-0.25, -0.2) is 4.39 Å². The van der Waals surface area contributed by atoms with E-state index in [1.54, 1.807) is 18.2 Å². The Balaban J connectivity index is 2.15. The Hall–Kier alpha value is -2.28. The zero-order valence-electron chi connectivity index (χ0n) is 10.7. The molecule has 0 aromatic heterocycles. The van der Waals surface area contributed by atoms with E-state index in [0.717, 1.165) is 6.07 Å². The van der Waals surface area contributed by atoms with Crippen molar-refractivity contribution in [3.63, 3.8) is 0 Å². The number of benzene rings is 2. The summed E-state index contributed by atoms with van der Waals surface area (Å²) in [5.41, 5.74) is 0.438. The minimum absolute atomic E-state index is 0.0149. The van der Waals surface area contributed by atoms with Crippen molar-refractivity contribution in [1.82, 2.24) is 5.32 Å². The summed E-state index contributed by atoms with van der Waals surface area (Å²) in [7, 11) is 0. The fourth-order valence-electron chi connectivity index (χ4n) is 1.78. The van der Waals surface area contributed by atoms with E-state index in [9.17, 15) is 19.3 Å². The van der Waals surface area contributed by atoms with E-state index >= 15 is 0 Å². The Morgan fingerprint density at radius 3 is 2.71 bits per heavy atom. The molecule has 7 heteroatoms. The molecule has 0 fully saturated rings. The van der Waals surface area contributed by atoms with Crippen LogP contribution in [-0.4, -0.2) is 10.8 Å². The summed E-state index contributed by atoms with van der Waals surface area (Å²) in [6.07, 6.45) is 0. The number of nitro groups is 1. The average Bonchev–Trinajstić information content (AvgIpc) is 2.47. The first-order valence-corrected chi connectivity index (χ1v) is 6.74. The van der Waals surface area contributed by atoms with Crippen molar-refractivity contribution >= 4 is 27.5 Å². The number of amides is 1. The third-order valence-electron chi connectivity index (χ3n) is 2.80. The molecule has 0 aliphatic carbocycles. The Kier molecular flexibility index (Phi) is 4.64. The minimum atomic E-state index is -0.533. The highest BCUT2D eigenvalue weighted by atomic mass is 79.9. The van der Waals surface area contributed by atoms with Crippen LogP contribution in [0.1, 0.15) is 15.9 Å². The third-order valence-corrected chi connectivity index (χ3v) is 3.49. The van der Waals surface area contributed by atoms with Gasteiger partial charge in [-0.1, -0.05) is 18.2 Å². The first kappa shape index (κ1) is 15.1. The van der Waals surface area contributed by atoms with Crippen molar-refractivity contribution in [1.29, 1.82) is 0 Å². The summed E-state index contributed by atoms with van der Waals surface area (Å²) in [6.45, 7) is -0.0149. The Morgan fingerprint density at radius 1 is 1.29 bits per heavy atom. The second-order valence-corrected chi connectivity index (χ2v) is 5.05. The fourth-order valence-corrected chi connectivity index (χ4v) is 2.21. The molecule has 0 aliphatic rings. The van der Waals surface area contributed by atoms with E-state index in [1.165, 1.54) is 18.2 Å². The average molecular weight is 353 g/mol. The van der Waals surface area contributed by atoms with Crippen molar-refractivity contribution < 1.29 is 14.1 Å². The van der Waals surface area contributed by atoms with E-state index in [0.29, 0.717) is 10.0 Å². The van der Waals surface area contributed by atoms with Crippen molar-refractivity contribution in [3.8, 4) is 0 Å². The number of carbonyl (C=O) groups excluding carboxylic acids is 1. The molecule has 5 nitrogen and oxygen atoms in total. The Morgan fingerprint density at radius 2 is 2.00 bits per heavy atom. The van der Waals surface area contributed by atoms with Gasteiger partial charge in [0.1, 0.15) is 5.82 Å². The molecule has 0 aliphatic heterocycles. The molecule has 0 unspecified atom stereocenters. The van der Waals surface area contributed by atoms with Crippen LogP contribution < -0.4 is 5.32 Å². The predicted octanol–water partition coefficient (Wildman–Crippen LogP) is 3.43. The standard InChI is InChI=1S/C14H10BrFN2O3/c15-12-6-5-10(16)7-11(12)14(19)17-8-9-3-1-2-4-13(9)18(20)21/h1-7H,8H2,(H,17,19). The monoisotopic (exact) mass is 352 g/mol. The van der Waals surface area contributed by atoms with Gasteiger partial charge in [-0.3, -0.25) is 14.9 Å². The normalized spacial score (nSPS) is 10.2. The molecule has 0 spiro atoms. The zero-order chi connectivity index (χ0) is 15.4. The lowest BCUT2D eigenvalue weighted by molar-refractivity contribution is -0.385. The summed E-state index contributed by atoms with van der Waals surface area (Å²) in [5, 5.41) is 13.4. The largest absolute Gasteiger partial charge is 0.348 e. The molecule has 0 heterocycles. The molecule has 0 saturated heterocycles. The maximum absolute atomic E-state index is 13.2. The first-order chi connectivity index (χ1) is 9.99. The van der Waals surface area contributed by atoms with E-state index < -0.39 is 16.6 Å². The number of hydrogen-bond donors (Lipinski definition) is 1. The number of halogens is 2. The summed E-state index contributed by atoms with van der Waals surface area (Å²) in [5.74, 6) is -1.05.